The number of unbranched alkanes of at least 4 members (excludes halogenated alkanes) is 2. The van der Waals surface area contributed by atoms with Crippen LogP contribution in [0.15, 0.2) is 48.5 Å². The standard InChI is InChI=1S/C21H23NO2/c1-3-4-5-13-19-20(17-11-6-7-12-18(17)22-19)15-9-8-10-16(14-15)21(23)24-2/h6-12,14,22H,3-5,13H2,1-2H3. The first kappa shape index (κ1) is 16.3. The van der Waals surface area contributed by atoms with E-state index in [4.69, 9.17) is 4.74 Å². The summed E-state index contributed by atoms with van der Waals surface area (Å²) in [4.78, 5) is 15.4. The number of esters is 1. The predicted molar refractivity (Wildman–Crippen MR) is 98.3 cm³/mol. The van der Waals surface area contributed by atoms with Gasteiger partial charge in [-0.3, -0.25) is 0 Å². The number of rotatable bonds is 6. The van der Waals surface area contributed by atoms with Crippen LogP contribution < -0.4 is 0 Å². The van der Waals surface area contributed by atoms with Gasteiger partial charge in [-0.1, -0.05) is 50.1 Å². The summed E-state index contributed by atoms with van der Waals surface area (Å²) in [5.74, 6) is -0.302. The molecule has 0 saturated heterocycles. The number of methoxy groups -OCH3 is 1. The first-order valence-electron chi connectivity index (χ1n) is 8.53. The summed E-state index contributed by atoms with van der Waals surface area (Å²) >= 11 is 0. The van der Waals surface area contributed by atoms with Crippen molar-refractivity contribution in [3.63, 3.8) is 0 Å². The summed E-state index contributed by atoms with van der Waals surface area (Å²) in [5.41, 5.74) is 5.23. The zero-order valence-corrected chi connectivity index (χ0v) is 14.3. The summed E-state index contributed by atoms with van der Waals surface area (Å²) in [7, 11) is 1.41. The number of carbonyl (C=O) groups excluding carboxylic acids is 1. The van der Waals surface area contributed by atoms with Crippen LogP contribution in [0.4, 0.5) is 0 Å². The second-order valence-electron chi connectivity index (χ2n) is 6.05. The van der Waals surface area contributed by atoms with E-state index < -0.39 is 0 Å². The lowest BCUT2D eigenvalue weighted by atomic mass is 9.98. The fourth-order valence-electron chi connectivity index (χ4n) is 3.19. The molecule has 0 radical (unpaired) electrons. The maximum atomic E-state index is 11.9. The third kappa shape index (κ3) is 3.21. The Labute approximate surface area is 142 Å². The van der Waals surface area contributed by atoms with E-state index in [2.05, 4.69) is 36.2 Å². The van der Waals surface area contributed by atoms with Crippen molar-refractivity contribution in [1.82, 2.24) is 4.98 Å². The Kier molecular flexibility index (Phi) is 4.99. The fourth-order valence-corrected chi connectivity index (χ4v) is 3.19. The maximum Gasteiger partial charge on any atom is 0.337 e. The molecule has 0 bridgehead atoms. The van der Waals surface area contributed by atoms with E-state index in [1.165, 1.54) is 36.6 Å². The molecule has 1 aromatic heterocycles. The lowest BCUT2D eigenvalue weighted by Gasteiger charge is -2.07. The zero-order valence-electron chi connectivity index (χ0n) is 14.3. The van der Waals surface area contributed by atoms with E-state index in [1.54, 1.807) is 6.07 Å². The van der Waals surface area contributed by atoms with E-state index in [0.717, 1.165) is 23.9 Å². The number of nitrogens with one attached hydrogen (secondary N) is 1. The van der Waals surface area contributed by atoms with E-state index in [9.17, 15) is 4.79 Å². The quantitative estimate of drug-likeness (QED) is 0.491. The molecule has 3 nitrogen and oxygen atoms in total. The molecule has 0 spiro atoms. The first-order chi connectivity index (χ1) is 11.7. The third-order valence-corrected chi connectivity index (χ3v) is 4.39. The van der Waals surface area contributed by atoms with E-state index >= 15 is 0 Å². The molecule has 2 aromatic carbocycles. The molecule has 1 heterocycles. The van der Waals surface area contributed by atoms with Gasteiger partial charge in [-0.15, -0.1) is 0 Å². The number of hydrogen-bond acceptors (Lipinski definition) is 2. The Morgan fingerprint density at radius 3 is 2.71 bits per heavy atom. The normalized spacial score (nSPS) is 10.9. The minimum Gasteiger partial charge on any atom is -0.465 e. The second-order valence-corrected chi connectivity index (χ2v) is 6.05. The van der Waals surface area contributed by atoms with Crippen molar-refractivity contribution in [2.45, 2.75) is 32.6 Å². The highest BCUT2D eigenvalue weighted by atomic mass is 16.5. The summed E-state index contributed by atoms with van der Waals surface area (Å²) in [6.45, 7) is 2.21. The summed E-state index contributed by atoms with van der Waals surface area (Å²) in [6.07, 6.45) is 4.59. The monoisotopic (exact) mass is 321 g/mol. The van der Waals surface area contributed by atoms with Gasteiger partial charge in [-0.25, -0.2) is 4.79 Å². The molecule has 0 atom stereocenters. The molecule has 3 heteroatoms. The lowest BCUT2D eigenvalue weighted by Crippen LogP contribution is -2.01. The van der Waals surface area contributed by atoms with E-state index in [0.29, 0.717) is 5.56 Å². The minimum atomic E-state index is -0.302. The average molecular weight is 321 g/mol. The van der Waals surface area contributed by atoms with Crippen molar-refractivity contribution in [2.24, 2.45) is 0 Å². The Bertz CT molecular complexity index is 848. The first-order valence-corrected chi connectivity index (χ1v) is 8.53. The van der Waals surface area contributed by atoms with Gasteiger partial charge in [0, 0.05) is 22.2 Å². The maximum absolute atomic E-state index is 11.9. The molecular formula is C21H23NO2. The van der Waals surface area contributed by atoms with E-state index in [1.807, 2.05) is 18.2 Å². The van der Waals surface area contributed by atoms with Crippen molar-refractivity contribution in [3.05, 3.63) is 59.8 Å². The number of para-hydroxylation sites is 1. The van der Waals surface area contributed by atoms with Crippen LogP contribution in [0.5, 0.6) is 0 Å². The number of fused-ring (bicyclic) bond motifs is 1. The number of carbonyl (C=O) groups is 1. The van der Waals surface area contributed by atoms with Gasteiger partial charge in [-0.2, -0.15) is 0 Å². The van der Waals surface area contributed by atoms with Gasteiger partial charge in [-0.05, 0) is 36.6 Å². The fraction of sp³-hybridized carbons (Fsp3) is 0.286. The van der Waals surface area contributed by atoms with Gasteiger partial charge in [0.2, 0.25) is 0 Å². The molecule has 3 rings (SSSR count). The SMILES string of the molecule is CCCCCc1[nH]c2ccccc2c1-c1cccc(C(=O)OC)c1. The van der Waals surface area contributed by atoms with Crippen LogP contribution in [-0.2, 0) is 11.2 Å². The van der Waals surface area contributed by atoms with Gasteiger partial charge < -0.3 is 9.72 Å². The number of ether oxygens (including phenoxy) is 1. The molecule has 0 aliphatic heterocycles. The van der Waals surface area contributed by atoms with Crippen LogP contribution in [0.3, 0.4) is 0 Å². The van der Waals surface area contributed by atoms with Crippen molar-refractivity contribution < 1.29 is 9.53 Å². The number of hydrogen-bond donors (Lipinski definition) is 1. The van der Waals surface area contributed by atoms with Gasteiger partial charge in [0.15, 0.2) is 0 Å². The molecule has 1 N–H and O–H groups in total. The summed E-state index contributed by atoms with van der Waals surface area (Å²) in [5, 5.41) is 1.20. The molecule has 24 heavy (non-hydrogen) atoms. The Morgan fingerprint density at radius 2 is 1.92 bits per heavy atom. The van der Waals surface area contributed by atoms with Gasteiger partial charge in [0.25, 0.3) is 0 Å². The van der Waals surface area contributed by atoms with Gasteiger partial charge in [0.1, 0.15) is 0 Å². The molecule has 0 aliphatic rings. The lowest BCUT2D eigenvalue weighted by molar-refractivity contribution is 0.0601. The number of H-pyrrole nitrogens is 1. The molecule has 124 valence electrons. The highest BCUT2D eigenvalue weighted by molar-refractivity contribution is 5.99. The number of aromatic amines is 1. The Morgan fingerprint density at radius 1 is 1.08 bits per heavy atom. The minimum absolute atomic E-state index is 0.302. The second kappa shape index (κ2) is 7.35. The van der Waals surface area contributed by atoms with Gasteiger partial charge >= 0.3 is 5.97 Å². The average Bonchev–Trinajstić information content (AvgIpc) is 2.99. The van der Waals surface area contributed by atoms with Crippen molar-refractivity contribution >= 4 is 16.9 Å². The largest absolute Gasteiger partial charge is 0.465 e. The van der Waals surface area contributed by atoms with Crippen LogP contribution in [0.2, 0.25) is 0 Å². The number of aromatic nitrogens is 1. The Hall–Kier alpha value is -2.55. The number of aryl methyl sites for hydroxylation is 1. The molecule has 0 amide bonds. The highest BCUT2D eigenvalue weighted by Crippen LogP contribution is 2.33. The molecule has 0 unspecified atom stereocenters. The molecule has 0 aliphatic carbocycles. The summed E-state index contributed by atoms with van der Waals surface area (Å²) < 4.78 is 4.86. The van der Waals surface area contributed by atoms with Crippen LogP contribution in [-0.4, -0.2) is 18.1 Å². The zero-order chi connectivity index (χ0) is 16.9. The van der Waals surface area contributed by atoms with Crippen molar-refractivity contribution in [2.75, 3.05) is 7.11 Å². The van der Waals surface area contributed by atoms with Crippen LogP contribution in [0.25, 0.3) is 22.0 Å². The Balaban J connectivity index is 2.09. The van der Waals surface area contributed by atoms with Crippen LogP contribution in [0.1, 0.15) is 42.2 Å². The molecule has 3 aromatic rings. The van der Waals surface area contributed by atoms with Crippen LogP contribution in [0, 0.1) is 0 Å². The highest BCUT2D eigenvalue weighted by Gasteiger charge is 2.14. The van der Waals surface area contributed by atoms with Crippen molar-refractivity contribution in [1.29, 1.82) is 0 Å². The van der Waals surface area contributed by atoms with Crippen LogP contribution >= 0.6 is 0 Å². The van der Waals surface area contributed by atoms with Crippen molar-refractivity contribution in [3.8, 4) is 11.1 Å². The molecular weight excluding hydrogens is 298 g/mol. The molecule has 0 saturated carbocycles. The number of benzene rings is 2. The van der Waals surface area contributed by atoms with Gasteiger partial charge in [0.05, 0.1) is 12.7 Å². The third-order valence-electron chi connectivity index (χ3n) is 4.39. The topological polar surface area (TPSA) is 42.1 Å². The summed E-state index contributed by atoms with van der Waals surface area (Å²) in [6, 6.07) is 16.0. The predicted octanol–water partition coefficient (Wildman–Crippen LogP) is 5.35. The van der Waals surface area contributed by atoms with E-state index in [-0.39, 0.29) is 5.97 Å². The molecule has 0 fully saturated rings. The smallest absolute Gasteiger partial charge is 0.337 e.